The van der Waals surface area contributed by atoms with Crippen LogP contribution in [-0.4, -0.2) is 65.3 Å². The Labute approximate surface area is 216 Å². The fourth-order valence-electron chi connectivity index (χ4n) is 4.56. The van der Waals surface area contributed by atoms with Gasteiger partial charge in [-0.3, -0.25) is 4.79 Å². The second-order valence-corrected chi connectivity index (χ2v) is 15.8. The molecule has 1 fully saturated rings. The van der Waals surface area contributed by atoms with Gasteiger partial charge in [-0.25, -0.2) is 0 Å². The van der Waals surface area contributed by atoms with Crippen LogP contribution < -0.4 is 18.6 Å². The highest BCUT2D eigenvalue weighted by Crippen LogP contribution is 2.42. The van der Waals surface area contributed by atoms with E-state index in [0.29, 0.717) is 42.3 Å². The Balaban J connectivity index is 1.85. The smallest absolute Gasteiger partial charge is 0.254 e. The van der Waals surface area contributed by atoms with Crippen molar-refractivity contribution in [2.24, 2.45) is 0 Å². The lowest BCUT2D eigenvalue weighted by atomic mass is 9.77. The zero-order valence-corrected chi connectivity index (χ0v) is 23.9. The maximum absolute atomic E-state index is 13.5. The highest BCUT2D eigenvalue weighted by Gasteiger charge is 2.42. The molecule has 1 atom stereocenters. The largest absolute Gasteiger partial charge is 0.544 e. The topological polar surface area (TPSA) is 77.5 Å². The number of amides is 1. The van der Waals surface area contributed by atoms with Gasteiger partial charge in [0.25, 0.3) is 5.91 Å². The van der Waals surface area contributed by atoms with Crippen LogP contribution in [0.15, 0.2) is 36.4 Å². The van der Waals surface area contributed by atoms with Crippen molar-refractivity contribution >= 4 is 14.2 Å². The van der Waals surface area contributed by atoms with E-state index < -0.39 is 8.32 Å². The molecular formula is C28H41NO6Si. The zero-order chi connectivity index (χ0) is 26.7. The third-order valence-electron chi connectivity index (χ3n) is 7.79. The van der Waals surface area contributed by atoms with E-state index in [9.17, 15) is 9.90 Å². The van der Waals surface area contributed by atoms with E-state index in [1.165, 1.54) is 21.3 Å². The quantitative estimate of drug-likeness (QED) is 0.459. The van der Waals surface area contributed by atoms with E-state index in [1.54, 1.807) is 12.1 Å². The number of aliphatic hydroxyl groups excluding tert-OH is 1. The summed E-state index contributed by atoms with van der Waals surface area (Å²) in [5, 5.41) is 10.0. The van der Waals surface area contributed by atoms with Crippen molar-refractivity contribution in [1.29, 1.82) is 0 Å². The van der Waals surface area contributed by atoms with Gasteiger partial charge in [0.15, 0.2) is 11.5 Å². The van der Waals surface area contributed by atoms with Gasteiger partial charge in [-0.2, -0.15) is 0 Å². The highest BCUT2D eigenvalue weighted by atomic mass is 28.4. The summed E-state index contributed by atoms with van der Waals surface area (Å²) in [4.78, 5) is 15.4. The second-order valence-electron chi connectivity index (χ2n) is 11.0. The van der Waals surface area contributed by atoms with E-state index in [-0.39, 0.29) is 23.0 Å². The molecular weight excluding hydrogens is 474 g/mol. The van der Waals surface area contributed by atoms with Crippen molar-refractivity contribution in [3.63, 3.8) is 0 Å². The molecule has 0 spiro atoms. The Hall–Kier alpha value is -2.71. The zero-order valence-electron chi connectivity index (χ0n) is 22.9. The highest BCUT2D eigenvalue weighted by molar-refractivity contribution is 6.74. The average molecular weight is 516 g/mol. The molecule has 0 saturated carbocycles. The van der Waals surface area contributed by atoms with Crippen LogP contribution in [0.4, 0.5) is 0 Å². The van der Waals surface area contributed by atoms with Gasteiger partial charge in [0.05, 0.1) is 21.3 Å². The fourth-order valence-corrected chi connectivity index (χ4v) is 5.59. The lowest BCUT2D eigenvalue weighted by molar-refractivity contribution is 0.0778. The van der Waals surface area contributed by atoms with Crippen molar-refractivity contribution < 1.29 is 28.5 Å². The maximum Gasteiger partial charge on any atom is 0.254 e. The lowest BCUT2D eigenvalue weighted by Gasteiger charge is -2.36. The summed E-state index contributed by atoms with van der Waals surface area (Å²) in [6, 6.07) is 11.6. The molecule has 8 heteroatoms. The van der Waals surface area contributed by atoms with E-state index in [4.69, 9.17) is 18.6 Å². The normalized spacial score (nSPS) is 18.2. The number of carbonyl (C=O) groups is 1. The van der Waals surface area contributed by atoms with Crippen molar-refractivity contribution in [3.8, 4) is 23.0 Å². The van der Waals surface area contributed by atoms with Gasteiger partial charge in [0, 0.05) is 30.7 Å². The monoisotopic (exact) mass is 515 g/mol. The first-order chi connectivity index (χ1) is 16.9. The van der Waals surface area contributed by atoms with Gasteiger partial charge < -0.3 is 28.6 Å². The summed E-state index contributed by atoms with van der Waals surface area (Å²) >= 11 is 0. The van der Waals surface area contributed by atoms with Crippen molar-refractivity contribution in [1.82, 2.24) is 4.90 Å². The Bertz CT molecular complexity index is 1040. The Kier molecular flexibility index (Phi) is 8.30. The minimum atomic E-state index is -1.94. The van der Waals surface area contributed by atoms with Gasteiger partial charge >= 0.3 is 0 Å². The molecule has 1 N–H and O–H groups in total. The van der Waals surface area contributed by atoms with E-state index in [1.807, 2.05) is 17.0 Å². The lowest BCUT2D eigenvalue weighted by Crippen LogP contribution is -2.43. The van der Waals surface area contributed by atoms with Crippen molar-refractivity contribution in [2.75, 3.05) is 41.0 Å². The number of hydrogen-bond donors (Lipinski definition) is 1. The number of hydrogen-bond acceptors (Lipinski definition) is 6. The molecule has 2 aromatic rings. The molecule has 1 amide bonds. The molecule has 0 radical (unpaired) electrons. The standard InChI is InChI=1S/C28H41NO6Si/c1-27(2,3)36(7,8)35-22-11-9-21(10-12-22)28(14-16-30)13-15-29(19-28)26(31)20-17-23(32-4)25(34-6)24(18-20)33-5/h9-12,17-18,30H,13-16,19H2,1-8H3. The van der Waals surface area contributed by atoms with Crippen molar-refractivity contribution in [3.05, 3.63) is 47.5 Å². The van der Waals surface area contributed by atoms with Crippen LogP contribution in [-0.2, 0) is 5.41 Å². The van der Waals surface area contributed by atoms with Gasteiger partial charge in [-0.1, -0.05) is 32.9 Å². The summed E-state index contributed by atoms with van der Waals surface area (Å²) in [6.07, 6.45) is 1.35. The molecule has 1 aliphatic rings. The first-order valence-corrected chi connectivity index (χ1v) is 15.3. The van der Waals surface area contributed by atoms with Crippen LogP contribution in [0.3, 0.4) is 0 Å². The molecule has 0 aliphatic carbocycles. The molecule has 1 saturated heterocycles. The fraction of sp³-hybridized carbons (Fsp3) is 0.536. The van der Waals surface area contributed by atoms with Crippen LogP contribution in [0.5, 0.6) is 23.0 Å². The number of ether oxygens (including phenoxy) is 3. The first-order valence-electron chi connectivity index (χ1n) is 12.4. The molecule has 7 nitrogen and oxygen atoms in total. The first kappa shape index (κ1) is 27.9. The molecule has 36 heavy (non-hydrogen) atoms. The minimum Gasteiger partial charge on any atom is -0.544 e. The van der Waals surface area contributed by atoms with Crippen molar-refractivity contribution in [2.45, 2.75) is 57.2 Å². The number of rotatable bonds is 9. The molecule has 1 heterocycles. The number of likely N-dealkylation sites (tertiary alicyclic amines) is 1. The van der Waals surface area contributed by atoms with Gasteiger partial charge in [0.1, 0.15) is 5.75 Å². The molecule has 0 aromatic heterocycles. The average Bonchev–Trinajstić information content (AvgIpc) is 3.27. The minimum absolute atomic E-state index is 0.0500. The number of carbonyl (C=O) groups excluding carboxylic acids is 1. The molecule has 198 valence electrons. The molecule has 1 aliphatic heterocycles. The Morgan fingerprint density at radius 1 is 1.03 bits per heavy atom. The SMILES string of the molecule is COc1cc(C(=O)N2CCC(CCO)(c3ccc(O[Si](C)(C)C(C)(C)C)cc3)C2)cc(OC)c1OC. The number of nitrogens with zero attached hydrogens (tertiary/aromatic N) is 1. The van der Waals surface area contributed by atoms with Crippen LogP contribution in [0.25, 0.3) is 0 Å². The molecule has 2 aromatic carbocycles. The summed E-state index contributed by atoms with van der Waals surface area (Å²) in [7, 11) is 2.67. The third kappa shape index (κ3) is 5.49. The number of aliphatic hydroxyl groups is 1. The molecule has 1 unspecified atom stereocenters. The van der Waals surface area contributed by atoms with E-state index in [0.717, 1.165) is 17.7 Å². The number of methoxy groups -OCH3 is 3. The van der Waals surface area contributed by atoms with Crippen LogP contribution in [0, 0.1) is 0 Å². The number of benzene rings is 2. The predicted octanol–water partition coefficient (Wildman–Crippen LogP) is 5.26. The van der Waals surface area contributed by atoms with Crippen LogP contribution in [0.1, 0.15) is 49.5 Å². The maximum atomic E-state index is 13.5. The summed E-state index contributed by atoms with van der Waals surface area (Å²) in [5.74, 6) is 2.10. The van der Waals surface area contributed by atoms with Gasteiger partial charge in [-0.15, -0.1) is 0 Å². The predicted molar refractivity (Wildman–Crippen MR) is 144 cm³/mol. The molecule has 3 rings (SSSR count). The molecule has 0 bridgehead atoms. The van der Waals surface area contributed by atoms with Crippen LogP contribution in [0.2, 0.25) is 18.1 Å². The summed E-state index contributed by atoms with van der Waals surface area (Å²) in [5.41, 5.74) is 1.27. The summed E-state index contributed by atoms with van der Waals surface area (Å²) in [6.45, 7) is 12.3. The Morgan fingerprint density at radius 2 is 1.61 bits per heavy atom. The summed E-state index contributed by atoms with van der Waals surface area (Å²) < 4.78 is 22.7. The van der Waals surface area contributed by atoms with Gasteiger partial charge in [-0.05, 0) is 60.8 Å². The third-order valence-corrected chi connectivity index (χ3v) is 12.1. The van der Waals surface area contributed by atoms with Gasteiger partial charge in [0.2, 0.25) is 14.1 Å². The van der Waals surface area contributed by atoms with E-state index in [2.05, 4.69) is 46.0 Å². The Morgan fingerprint density at radius 3 is 2.08 bits per heavy atom. The second kappa shape index (κ2) is 10.7. The van der Waals surface area contributed by atoms with Crippen LogP contribution >= 0.6 is 0 Å². The van der Waals surface area contributed by atoms with E-state index >= 15 is 0 Å².